The van der Waals surface area contributed by atoms with Crippen LogP contribution in [0.15, 0.2) is 36.7 Å². The van der Waals surface area contributed by atoms with Crippen molar-refractivity contribution in [3.8, 4) is 0 Å². The third-order valence-corrected chi connectivity index (χ3v) is 1.81. The predicted molar refractivity (Wildman–Crippen MR) is 55.3 cm³/mol. The molecule has 1 aromatic carbocycles. The third-order valence-electron chi connectivity index (χ3n) is 1.81. The Morgan fingerprint density at radius 2 is 2.00 bits per heavy atom. The zero-order chi connectivity index (χ0) is 8.39. The van der Waals surface area contributed by atoms with Gasteiger partial charge in [-0.3, -0.25) is 10.8 Å². The largest absolute Gasteiger partial charge is 0.324 e. The van der Waals surface area contributed by atoms with Crippen LogP contribution in [0.4, 0.5) is 5.69 Å². The van der Waals surface area contributed by atoms with Gasteiger partial charge in [0.25, 0.3) is 0 Å². The topological polar surface area (TPSA) is 50.9 Å². The molecule has 2 aromatic rings. The Morgan fingerprint density at radius 1 is 1.15 bits per heavy atom. The van der Waals surface area contributed by atoms with E-state index >= 15 is 0 Å². The second-order valence-electron chi connectivity index (χ2n) is 2.58. The average Bonchev–Trinajstić information content (AvgIpc) is 2.17. The quantitative estimate of drug-likeness (QED) is 0.467. The van der Waals surface area contributed by atoms with Crippen molar-refractivity contribution in [2.24, 2.45) is 5.84 Å². The van der Waals surface area contributed by atoms with Crippen molar-refractivity contribution in [3.63, 3.8) is 0 Å². The predicted octanol–water partition coefficient (Wildman–Crippen LogP) is 1.14. The van der Waals surface area contributed by atoms with Gasteiger partial charge in [-0.05, 0) is 23.6 Å². The molecule has 0 saturated heterocycles. The zero-order valence-electron chi connectivity index (χ0n) is 6.99. The summed E-state index contributed by atoms with van der Waals surface area (Å²) < 4.78 is 0. The molecule has 1 heterocycles. The van der Waals surface area contributed by atoms with E-state index in [1.54, 1.807) is 6.20 Å². The summed E-state index contributed by atoms with van der Waals surface area (Å²) in [6.45, 7) is 0. The number of fused-ring (bicyclic) bond motifs is 1. The van der Waals surface area contributed by atoms with Gasteiger partial charge in [0.1, 0.15) is 0 Å². The van der Waals surface area contributed by atoms with Crippen LogP contribution in [0.3, 0.4) is 0 Å². The number of pyridine rings is 1. The minimum absolute atomic E-state index is 0. The number of aromatic nitrogens is 1. The first kappa shape index (κ1) is 10.3. The fourth-order valence-electron chi connectivity index (χ4n) is 1.17. The first-order chi connectivity index (χ1) is 5.90. The van der Waals surface area contributed by atoms with E-state index in [0.717, 1.165) is 11.1 Å². The van der Waals surface area contributed by atoms with E-state index in [2.05, 4.69) is 10.4 Å². The van der Waals surface area contributed by atoms with Gasteiger partial charge in [-0.1, -0.05) is 6.07 Å². The molecule has 0 spiro atoms. The molecule has 1 aromatic heterocycles. The monoisotopic (exact) mass is 279 g/mol. The van der Waals surface area contributed by atoms with Gasteiger partial charge in [0.2, 0.25) is 0 Å². The van der Waals surface area contributed by atoms with Gasteiger partial charge < -0.3 is 5.43 Å². The van der Waals surface area contributed by atoms with Crippen molar-refractivity contribution >= 4 is 40.4 Å². The molecule has 0 unspecified atom stereocenters. The van der Waals surface area contributed by atoms with E-state index in [4.69, 9.17) is 5.84 Å². The van der Waals surface area contributed by atoms with E-state index in [1.807, 2.05) is 30.5 Å². The summed E-state index contributed by atoms with van der Waals surface area (Å²) in [6.07, 6.45) is 3.59. The molecule has 0 saturated carbocycles. The number of hydrazine groups is 1. The molecule has 64 valence electrons. The third kappa shape index (κ3) is 2.10. The maximum Gasteiger partial charge on any atom is 0.0492 e. The molecule has 13 heavy (non-hydrogen) atoms. The van der Waals surface area contributed by atoms with Crippen LogP contribution in [0.25, 0.3) is 10.8 Å². The van der Waals surface area contributed by atoms with Gasteiger partial charge in [-0.15, -0.1) is 0 Å². The van der Waals surface area contributed by atoms with Gasteiger partial charge in [0.15, 0.2) is 0 Å². The maximum absolute atomic E-state index is 5.27. The number of hydrogen-bond acceptors (Lipinski definition) is 3. The van der Waals surface area contributed by atoms with E-state index in [0.29, 0.717) is 0 Å². The Morgan fingerprint density at radius 3 is 2.77 bits per heavy atom. The molecule has 0 fully saturated rings. The number of hydrogen-bond donors (Lipinski definition) is 2. The number of nitrogens with two attached hydrogens (primary N) is 1. The Hall–Kier alpha value is -0.811. The van der Waals surface area contributed by atoms with Crippen LogP contribution in [-0.2, 0) is 0 Å². The maximum atomic E-state index is 5.27. The van der Waals surface area contributed by atoms with E-state index in [-0.39, 0.29) is 23.9 Å². The molecule has 0 aliphatic rings. The Balaban J connectivity index is 0.000000845. The summed E-state index contributed by atoms with van der Waals surface area (Å²) in [7, 11) is 0. The molecule has 3 N–H and O–H groups in total. The summed E-state index contributed by atoms with van der Waals surface area (Å²) in [5.41, 5.74) is 3.49. The minimum Gasteiger partial charge on any atom is -0.324 e. The van der Waals surface area contributed by atoms with Crippen molar-refractivity contribution in [2.75, 3.05) is 5.43 Å². The smallest absolute Gasteiger partial charge is 0.0492 e. The van der Waals surface area contributed by atoms with Gasteiger partial charge in [-0.25, -0.2) is 0 Å². The number of nitrogens with zero attached hydrogens (tertiary/aromatic N) is 1. The van der Waals surface area contributed by atoms with Crippen molar-refractivity contribution in [1.29, 1.82) is 0 Å². The van der Waals surface area contributed by atoms with E-state index in [9.17, 15) is 0 Å². The zero-order valence-corrected chi connectivity index (χ0v) is 9.84. The Kier molecular flexibility index (Phi) is 3.50. The summed E-state index contributed by atoms with van der Waals surface area (Å²) in [4.78, 5) is 4.02. The molecule has 0 aliphatic carbocycles. The van der Waals surface area contributed by atoms with Gasteiger partial charge in [0.05, 0.1) is 0 Å². The number of nitrogens with one attached hydrogen (secondary N) is 1. The van der Waals surface area contributed by atoms with Crippen LogP contribution in [-0.4, -0.2) is 28.9 Å². The fraction of sp³-hybridized carbons (Fsp3) is 0. The second-order valence-corrected chi connectivity index (χ2v) is 2.58. The molecule has 3 nitrogen and oxygen atoms in total. The number of benzene rings is 1. The molecule has 4 radical (unpaired) electrons. The summed E-state index contributed by atoms with van der Waals surface area (Å²) in [6, 6.07) is 7.87. The van der Waals surface area contributed by atoms with Crippen molar-refractivity contribution < 1.29 is 0 Å². The van der Waals surface area contributed by atoms with E-state index < -0.39 is 0 Å². The molecule has 0 amide bonds. The van der Waals surface area contributed by atoms with Crippen LogP contribution in [0.1, 0.15) is 0 Å². The van der Waals surface area contributed by atoms with Crippen LogP contribution < -0.4 is 11.3 Å². The summed E-state index contributed by atoms with van der Waals surface area (Å²) >= 11 is 0. The minimum atomic E-state index is 0. The molecule has 0 atom stereocenters. The number of nitrogen functional groups attached to an aromatic ring is 1. The molecular weight excluding hydrogens is 269 g/mol. The standard InChI is InChI=1S/C9H9N3.Sn/c10-12-9-2-1-7-3-4-11-6-8(7)5-9;/h1-6,12H,10H2;. The molecule has 4 heteroatoms. The van der Waals surface area contributed by atoms with Crippen LogP contribution in [0.5, 0.6) is 0 Å². The summed E-state index contributed by atoms with van der Waals surface area (Å²) in [5.74, 6) is 5.27. The Labute approximate surface area is 93.3 Å². The molecule has 0 bridgehead atoms. The fourth-order valence-corrected chi connectivity index (χ4v) is 1.17. The van der Waals surface area contributed by atoms with Crippen molar-refractivity contribution in [2.45, 2.75) is 0 Å². The number of anilines is 1. The Bertz CT molecular complexity index is 403. The van der Waals surface area contributed by atoms with Gasteiger partial charge in [0, 0.05) is 47.4 Å². The van der Waals surface area contributed by atoms with Crippen LogP contribution in [0, 0.1) is 0 Å². The molecule has 2 rings (SSSR count). The van der Waals surface area contributed by atoms with Crippen LogP contribution >= 0.6 is 0 Å². The molecular formula is C9H9N3Sn. The summed E-state index contributed by atoms with van der Waals surface area (Å²) in [5, 5.41) is 2.26. The number of rotatable bonds is 1. The average molecular weight is 278 g/mol. The van der Waals surface area contributed by atoms with Crippen LogP contribution in [0.2, 0.25) is 0 Å². The SMILES string of the molecule is NNc1ccc2ccncc2c1.[Sn]. The molecule has 0 aliphatic heterocycles. The first-order valence-electron chi connectivity index (χ1n) is 3.70. The van der Waals surface area contributed by atoms with Gasteiger partial charge in [-0.2, -0.15) is 0 Å². The normalized spacial score (nSPS) is 9.31. The first-order valence-corrected chi connectivity index (χ1v) is 3.70. The van der Waals surface area contributed by atoms with E-state index in [1.165, 1.54) is 5.39 Å². The van der Waals surface area contributed by atoms with Crippen molar-refractivity contribution in [1.82, 2.24) is 4.98 Å². The second kappa shape index (κ2) is 4.43. The van der Waals surface area contributed by atoms with Crippen molar-refractivity contribution in [3.05, 3.63) is 36.7 Å². The van der Waals surface area contributed by atoms with Gasteiger partial charge >= 0.3 is 0 Å².